The van der Waals surface area contributed by atoms with Crippen molar-refractivity contribution in [3.8, 4) is 11.5 Å². The minimum absolute atomic E-state index is 0.0282. The van der Waals surface area contributed by atoms with Crippen molar-refractivity contribution in [2.75, 3.05) is 21.3 Å². The predicted molar refractivity (Wildman–Crippen MR) is 101 cm³/mol. The third kappa shape index (κ3) is 3.55. The van der Waals surface area contributed by atoms with Gasteiger partial charge >= 0.3 is 0 Å². The largest absolute Gasteiger partial charge is 0.493 e. The highest BCUT2D eigenvalue weighted by molar-refractivity contribution is 5.77. The first kappa shape index (κ1) is 17.9. The molecule has 0 saturated heterocycles. The Kier molecular flexibility index (Phi) is 5.23. The number of H-pyrrole nitrogens is 1. The van der Waals surface area contributed by atoms with Gasteiger partial charge in [0, 0.05) is 5.56 Å². The van der Waals surface area contributed by atoms with E-state index in [0.29, 0.717) is 22.7 Å². The van der Waals surface area contributed by atoms with Gasteiger partial charge in [0.1, 0.15) is 12.6 Å². The molecule has 0 aliphatic heterocycles. The Morgan fingerprint density at radius 2 is 1.85 bits per heavy atom. The van der Waals surface area contributed by atoms with Gasteiger partial charge in [-0.15, -0.1) is 0 Å². The van der Waals surface area contributed by atoms with Crippen LogP contribution in [0, 0.1) is 0 Å². The van der Waals surface area contributed by atoms with E-state index in [4.69, 9.17) is 9.47 Å². The number of fused-ring (bicyclic) bond motifs is 1. The molecule has 3 rings (SSSR count). The molecular weight excluding hydrogens is 330 g/mol. The summed E-state index contributed by atoms with van der Waals surface area (Å²) in [7, 11) is 5.33. The average Bonchev–Trinajstić information content (AvgIpc) is 2.67. The van der Waals surface area contributed by atoms with Crippen LogP contribution in [0.3, 0.4) is 0 Å². The fourth-order valence-corrected chi connectivity index (χ4v) is 3.01. The van der Waals surface area contributed by atoms with Gasteiger partial charge in [0.05, 0.1) is 32.2 Å². The number of para-hydroxylation sites is 1. The molecular formula is C20H24N3O3+. The van der Waals surface area contributed by atoms with Crippen molar-refractivity contribution in [2.24, 2.45) is 0 Å². The zero-order valence-corrected chi connectivity index (χ0v) is 15.5. The van der Waals surface area contributed by atoms with Crippen LogP contribution in [-0.2, 0) is 6.54 Å². The molecule has 0 bridgehead atoms. The lowest BCUT2D eigenvalue weighted by atomic mass is 10.1. The van der Waals surface area contributed by atoms with Gasteiger partial charge in [0.2, 0.25) is 0 Å². The lowest BCUT2D eigenvalue weighted by molar-refractivity contribution is -0.924. The van der Waals surface area contributed by atoms with Crippen LogP contribution in [0.2, 0.25) is 0 Å². The fraction of sp³-hybridized carbons (Fsp3) is 0.300. The number of methoxy groups -OCH3 is 2. The van der Waals surface area contributed by atoms with Crippen molar-refractivity contribution in [2.45, 2.75) is 19.5 Å². The van der Waals surface area contributed by atoms with E-state index in [9.17, 15) is 4.79 Å². The zero-order valence-electron chi connectivity index (χ0n) is 15.5. The molecule has 136 valence electrons. The van der Waals surface area contributed by atoms with Crippen LogP contribution < -0.4 is 19.9 Å². The number of quaternary nitrogens is 1. The number of aromatic amines is 1. The molecule has 2 atom stereocenters. The van der Waals surface area contributed by atoms with Crippen LogP contribution in [0.5, 0.6) is 11.5 Å². The van der Waals surface area contributed by atoms with Crippen molar-refractivity contribution in [1.29, 1.82) is 0 Å². The summed E-state index contributed by atoms with van der Waals surface area (Å²) >= 11 is 0. The minimum Gasteiger partial charge on any atom is -0.493 e. The second kappa shape index (κ2) is 7.58. The lowest BCUT2D eigenvalue weighted by Crippen LogP contribution is -3.07. The van der Waals surface area contributed by atoms with Crippen molar-refractivity contribution in [3.63, 3.8) is 0 Å². The molecule has 0 aliphatic carbocycles. The monoisotopic (exact) mass is 354 g/mol. The molecule has 6 nitrogen and oxygen atoms in total. The summed E-state index contributed by atoms with van der Waals surface area (Å²) in [5.74, 6) is 2.11. The van der Waals surface area contributed by atoms with Crippen molar-refractivity contribution >= 4 is 10.9 Å². The number of aromatic nitrogens is 2. The summed E-state index contributed by atoms with van der Waals surface area (Å²) in [5.41, 5.74) is 1.74. The molecule has 0 fully saturated rings. The molecule has 26 heavy (non-hydrogen) atoms. The van der Waals surface area contributed by atoms with Crippen molar-refractivity contribution < 1.29 is 14.4 Å². The first-order chi connectivity index (χ1) is 12.5. The maximum Gasteiger partial charge on any atom is 0.258 e. The number of ether oxygens (including phenoxy) is 2. The zero-order chi connectivity index (χ0) is 18.7. The minimum atomic E-state index is -0.101. The second-order valence-electron chi connectivity index (χ2n) is 6.40. The highest BCUT2D eigenvalue weighted by atomic mass is 16.5. The molecule has 2 N–H and O–H groups in total. The van der Waals surface area contributed by atoms with Crippen LogP contribution in [0.25, 0.3) is 10.9 Å². The smallest absolute Gasteiger partial charge is 0.258 e. The summed E-state index contributed by atoms with van der Waals surface area (Å²) in [6.07, 6.45) is 0. The molecule has 1 heterocycles. The summed E-state index contributed by atoms with van der Waals surface area (Å²) in [6.45, 7) is 2.82. The van der Waals surface area contributed by atoms with E-state index < -0.39 is 0 Å². The number of rotatable bonds is 6. The molecule has 3 aromatic rings. The quantitative estimate of drug-likeness (QED) is 0.707. The van der Waals surface area contributed by atoms with E-state index in [1.165, 1.54) is 4.90 Å². The Labute approximate surface area is 152 Å². The summed E-state index contributed by atoms with van der Waals surface area (Å²) in [5, 5.41) is 0.612. The molecule has 6 heteroatoms. The van der Waals surface area contributed by atoms with Gasteiger partial charge in [-0.05, 0) is 37.3 Å². The molecule has 0 amide bonds. The number of hydrogen-bond donors (Lipinski definition) is 2. The Morgan fingerprint density at radius 3 is 2.58 bits per heavy atom. The van der Waals surface area contributed by atoms with E-state index in [2.05, 4.69) is 23.9 Å². The second-order valence-corrected chi connectivity index (χ2v) is 6.40. The van der Waals surface area contributed by atoms with Crippen molar-refractivity contribution in [3.05, 3.63) is 64.2 Å². The van der Waals surface area contributed by atoms with E-state index in [0.717, 1.165) is 17.6 Å². The normalized spacial score (nSPS) is 13.4. The Morgan fingerprint density at radius 1 is 1.12 bits per heavy atom. The maximum absolute atomic E-state index is 12.3. The average molecular weight is 354 g/mol. The van der Waals surface area contributed by atoms with Crippen LogP contribution >= 0.6 is 0 Å². The molecule has 1 unspecified atom stereocenters. The van der Waals surface area contributed by atoms with Gasteiger partial charge in [-0.3, -0.25) is 4.79 Å². The van der Waals surface area contributed by atoms with Gasteiger partial charge in [0.15, 0.2) is 17.3 Å². The van der Waals surface area contributed by atoms with Gasteiger partial charge in [-0.2, -0.15) is 0 Å². The lowest BCUT2D eigenvalue weighted by Gasteiger charge is -2.21. The first-order valence-corrected chi connectivity index (χ1v) is 8.55. The molecule has 2 aromatic carbocycles. The number of nitrogens with one attached hydrogen (secondary N) is 2. The third-order valence-electron chi connectivity index (χ3n) is 4.71. The molecule has 0 saturated carbocycles. The molecule has 0 radical (unpaired) electrons. The highest BCUT2D eigenvalue weighted by Gasteiger charge is 2.20. The fourth-order valence-electron chi connectivity index (χ4n) is 3.01. The van der Waals surface area contributed by atoms with Gasteiger partial charge in [-0.1, -0.05) is 12.1 Å². The number of benzene rings is 2. The topological polar surface area (TPSA) is 68.7 Å². The Hall–Kier alpha value is -2.86. The first-order valence-electron chi connectivity index (χ1n) is 8.55. The molecule has 0 aliphatic rings. The van der Waals surface area contributed by atoms with E-state index in [-0.39, 0.29) is 11.6 Å². The van der Waals surface area contributed by atoms with Gasteiger partial charge in [0.25, 0.3) is 5.56 Å². The SMILES string of the molecule is COc1ccc(C[NH+](C)[C@H](C)c2nc3ccccc3c(=O)[nH]2)cc1OC. The summed E-state index contributed by atoms with van der Waals surface area (Å²) in [4.78, 5) is 21.1. The van der Waals surface area contributed by atoms with Gasteiger partial charge < -0.3 is 19.4 Å². The van der Waals surface area contributed by atoms with E-state index in [1.54, 1.807) is 20.3 Å². The van der Waals surface area contributed by atoms with Crippen LogP contribution in [0.4, 0.5) is 0 Å². The number of nitrogens with zero attached hydrogens (tertiary/aromatic N) is 1. The maximum atomic E-state index is 12.3. The standard InChI is InChI=1S/C20H23N3O3/c1-13(19-21-16-8-6-5-7-15(16)20(24)22-19)23(2)12-14-9-10-17(25-3)18(11-14)26-4/h5-11,13H,12H2,1-4H3,(H,21,22,24)/p+1/t13-/m1/s1. The predicted octanol–water partition coefficient (Wildman–Crippen LogP) is 1.72. The van der Waals surface area contributed by atoms with Crippen molar-refractivity contribution in [1.82, 2.24) is 9.97 Å². The van der Waals surface area contributed by atoms with Crippen LogP contribution in [-0.4, -0.2) is 31.2 Å². The summed E-state index contributed by atoms with van der Waals surface area (Å²) < 4.78 is 10.7. The van der Waals surface area contributed by atoms with Crippen LogP contribution in [0.15, 0.2) is 47.3 Å². The van der Waals surface area contributed by atoms with Crippen LogP contribution in [0.1, 0.15) is 24.4 Å². The van der Waals surface area contributed by atoms with E-state index in [1.807, 2.05) is 36.4 Å². The molecule has 1 aromatic heterocycles. The Balaban J connectivity index is 1.84. The third-order valence-corrected chi connectivity index (χ3v) is 4.71. The number of hydrogen-bond acceptors (Lipinski definition) is 4. The molecule has 0 spiro atoms. The highest BCUT2D eigenvalue weighted by Crippen LogP contribution is 2.27. The van der Waals surface area contributed by atoms with E-state index >= 15 is 0 Å². The van der Waals surface area contributed by atoms with Gasteiger partial charge in [-0.25, -0.2) is 4.98 Å². The Bertz CT molecular complexity index is 968. The summed E-state index contributed by atoms with van der Waals surface area (Å²) in [6, 6.07) is 13.3.